The minimum Gasteiger partial charge on any atom is -0.455 e. The Bertz CT molecular complexity index is 4110. The summed E-state index contributed by atoms with van der Waals surface area (Å²) in [4.78, 5) is 0. The lowest BCUT2D eigenvalue weighted by Crippen LogP contribution is -1.95. The summed E-state index contributed by atoms with van der Waals surface area (Å²) in [5.74, 6) is 0. The molecule has 0 aliphatic heterocycles. The van der Waals surface area contributed by atoms with Crippen LogP contribution < -0.4 is 0 Å². The van der Waals surface area contributed by atoms with E-state index >= 15 is 0 Å². The molecule has 0 unspecified atom stereocenters. The van der Waals surface area contributed by atoms with E-state index in [0.29, 0.717) is 16.7 Å². The molecule has 0 amide bonds. The third-order valence-corrected chi connectivity index (χ3v) is 13.1. The monoisotopic (exact) mass is 770 g/mol. The molecule has 0 atom stereocenters. The Kier molecular flexibility index (Phi) is 6.86. The zero-order valence-electron chi connectivity index (χ0n) is 32.6. The maximum atomic E-state index is 10.3. The number of rotatable bonds is 2. The standard InChI is InChI=1S/C58H30N2O/c59-31-35-13-11-14-36(32-60)53(35)56-44-21-8-6-19-42(44)54(43-20-7-9-22-45(43)56)34-25-26-41-48(28-34)38-16-3-4-17-39(38)49-29-51-52(30-50(41)49)61-58-47-23-10-5-18-40(47)46-27-24-33-12-1-2-15-37(33)55(46)57(51)58/h1-30H. The minimum absolute atomic E-state index is 0.486. The average molecular weight is 771 g/mol. The second kappa shape index (κ2) is 12.5. The smallest absolute Gasteiger partial charge is 0.143 e. The second-order valence-electron chi connectivity index (χ2n) is 16.1. The Morgan fingerprint density at radius 3 is 1.44 bits per heavy atom. The Balaban J connectivity index is 1.13. The van der Waals surface area contributed by atoms with E-state index in [4.69, 9.17) is 4.42 Å². The number of nitrogens with zero attached hydrogens (tertiary/aromatic N) is 2. The fraction of sp³-hybridized carbons (Fsp3) is 0. The van der Waals surface area contributed by atoms with Gasteiger partial charge in [-0.05, 0) is 117 Å². The van der Waals surface area contributed by atoms with Gasteiger partial charge in [0.1, 0.15) is 11.2 Å². The first-order valence-corrected chi connectivity index (χ1v) is 20.5. The zero-order chi connectivity index (χ0) is 40.3. The highest BCUT2D eigenvalue weighted by Gasteiger charge is 2.23. The maximum absolute atomic E-state index is 10.3. The van der Waals surface area contributed by atoms with E-state index in [1.165, 1.54) is 43.1 Å². The molecule has 12 aromatic carbocycles. The van der Waals surface area contributed by atoms with E-state index in [1.54, 1.807) is 18.2 Å². The lowest BCUT2D eigenvalue weighted by Gasteiger charge is -2.19. The molecule has 0 fully saturated rings. The van der Waals surface area contributed by atoms with Crippen molar-refractivity contribution in [3.05, 3.63) is 193 Å². The van der Waals surface area contributed by atoms with E-state index in [-0.39, 0.29) is 0 Å². The summed E-state index contributed by atoms with van der Waals surface area (Å²) in [6.45, 7) is 0. The molecule has 3 nitrogen and oxygen atoms in total. The molecule has 61 heavy (non-hydrogen) atoms. The predicted molar refractivity (Wildman–Crippen MR) is 254 cm³/mol. The Hall–Kier alpha value is -8.50. The van der Waals surface area contributed by atoms with Gasteiger partial charge >= 0.3 is 0 Å². The van der Waals surface area contributed by atoms with Crippen LogP contribution in [0, 0.1) is 22.7 Å². The van der Waals surface area contributed by atoms with E-state index < -0.39 is 0 Å². The third-order valence-electron chi connectivity index (χ3n) is 13.1. The number of hydrogen-bond donors (Lipinski definition) is 0. The molecule has 0 bridgehead atoms. The summed E-state index contributed by atoms with van der Waals surface area (Å²) in [6, 6.07) is 69.0. The number of fused-ring (bicyclic) bond motifs is 18. The molecule has 3 heteroatoms. The highest BCUT2D eigenvalue weighted by Crippen LogP contribution is 2.49. The van der Waals surface area contributed by atoms with Gasteiger partial charge in [0, 0.05) is 32.7 Å². The molecule has 0 saturated carbocycles. The van der Waals surface area contributed by atoms with Crippen LogP contribution in [0.1, 0.15) is 11.1 Å². The Morgan fingerprint density at radius 1 is 0.311 bits per heavy atom. The molecule has 0 spiro atoms. The first kappa shape index (κ1) is 33.5. The summed E-state index contributed by atoms with van der Waals surface area (Å²) in [7, 11) is 0. The van der Waals surface area contributed by atoms with Gasteiger partial charge in [-0.3, -0.25) is 0 Å². The van der Waals surface area contributed by atoms with Crippen molar-refractivity contribution in [2.75, 3.05) is 0 Å². The van der Waals surface area contributed by atoms with Gasteiger partial charge in [0.05, 0.1) is 23.3 Å². The van der Waals surface area contributed by atoms with Crippen molar-refractivity contribution < 1.29 is 4.42 Å². The molecular formula is C58H30N2O. The molecule has 1 aromatic heterocycles. The van der Waals surface area contributed by atoms with Gasteiger partial charge in [-0.1, -0.05) is 152 Å². The van der Waals surface area contributed by atoms with Crippen molar-refractivity contribution in [2.45, 2.75) is 0 Å². The van der Waals surface area contributed by atoms with E-state index in [0.717, 1.165) is 81.7 Å². The van der Waals surface area contributed by atoms with Crippen molar-refractivity contribution in [1.29, 1.82) is 10.5 Å². The van der Waals surface area contributed by atoms with Crippen LogP contribution in [0.15, 0.2) is 186 Å². The van der Waals surface area contributed by atoms with Crippen molar-refractivity contribution >= 4 is 108 Å². The first-order valence-electron chi connectivity index (χ1n) is 20.5. The van der Waals surface area contributed by atoms with Gasteiger partial charge in [0.2, 0.25) is 0 Å². The summed E-state index contributed by atoms with van der Waals surface area (Å²) >= 11 is 0. The van der Waals surface area contributed by atoms with Gasteiger partial charge in [-0.2, -0.15) is 10.5 Å². The topological polar surface area (TPSA) is 60.7 Å². The Labute approximate surface area is 349 Å². The lowest BCUT2D eigenvalue weighted by atomic mass is 9.83. The summed E-state index contributed by atoms with van der Waals surface area (Å²) in [6.07, 6.45) is 0. The molecule has 13 rings (SSSR count). The molecule has 0 aliphatic carbocycles. The number of nitriles is 2. The van der Waals surface area contributed by atoms with Crippen LogP contribution in [-0.4, -0.2) is 0 Å². The van der Waals surface area contributed by atoms with Crippen LogP contribution >= 0.6 is 0 Å². The highest BCUT2D eigenvalue weighted by atomic mass is 16.3. The largest absolute Gasteiger partial charge is 0.455 e. The van der Waals surface area contributed by atoms with Crippen LogP contribution in [0.2, 0.25) is 0 Å². The van der Waals surface area contributed by atoms with E-state index in [1.807, 2.05) is 12.1 Å². The van der Waals surface area contributed by atoms with Gasteiger partial charge in [-0.15, -0.1) is 0 Å². The molecule has 0 radical (unpaired) electrons. The van der Waals surface area contributed by atoms with Crippen LogP contribution in [-0.2, 0) is 0 Å². The highest BCUT2D eigenvalue weighted by molar-refractivity contribution is 6.37. The summed E-state index contributed by atoms with van der Waals surface area (Å²) < 4.78 is 7.02. The normalized spacial score (nSPS) is 11.9. The molecule has 0 saturated heterocycles. The lowest BCUT2D eigenvalue weighted by molar-refractivity contribution is 0.673. The quantitative estimate of drug-likeness (QED) is 0.130. The van der Waals surface area contributed by atoms with Crippen LogP contribution in [0.25, 0.3) is 130 Å². The summed E-state index contributed by atoms with van der Waals surface area (Å²) in [5, 5.41) is 41.2. The van der Waals surface area contributed by atoms with Gasteiger partial charge < -0.3 is 4.42 Å². The van der Waals surface area contributed by atoms with Crippen molar-refractivity contribution in [1.82, 2.24) is 0 Å². The fourth-order valence-electron chi connectivity index (χ4n) is 10.5. The molecular weight excluding hydrogens is 741 g/mol. The SMILES string of the molecule is N#Cc1cccc(C#N)c1-c1c2ccccc2c(-c2ccc3c(c2)c2ccccc2c2cc4c(cc32)oc2c3ccccc3c3ccc5ccccc5c3c42)c2ccccc12. The van der Waals surface area contributed by atoms with E-state index in [2.05, 4.69) is 164 Å². The van der Waals surface area contributed by atoms with Gasteiger partial charge in [0.15, 0.2) is 0 Å². The van der Waals surface area contributed by atoms with Crippen molar-refractivity contribution in [3.8, 4) is 34.4 Å². The Morgan fingerprint density at radius 2 is 0.803 bits per heavy atom. The predicted octanol–water partition coefficient (Wildman–Crippen LogP) is 15.9. The van der Waals surface area contributed by atoms with Crippen molar-refractivity contribution in [2.24, 2.45) is 0 Å². The van der Waals surface area contributed by atoms with Crippen LogP contribution in [0.3, 0.4) is 0 Å². The number of furan rings is 1. The van der Waals surface area contributed by atoms with Crippen LogP contribution in [0.5, 0.6) is 0 Å². The molecule has 1 heterocycles. The molecule has 13 aromatic rings. The second-order valence-corrected chi connectivity index (χ2v) is 16.1. The molecule has 278 valence electrons. The van der Waals surface area contributed by atoms with Crippen molar-refractivity contribution in [3.63, 3.8) is 0 Å². The number of benzene rings is 12. The number of hydrogen-bond acceptors (Lipinski definition) is 3. The van der Waals surface area contributed by atoms with Crippen LogP contribution in [0.4, 0.5) is 0 Å². The molecule has 0 aliphatic rings. The first-order chi connectivity index (χ1) is 30.2. The zero-order valence-corrected chi connectivity index (χ0v) is 32.6. The van der Waals surface area contributed by atoms with E-state index in [9.17, 15) is 10.5 Å². The summed E-state index contributed by atoms with van der Waals surface area (Å²) in [5.41, 5.74) is 6.56. The molecule has 0 N–H and O–H groups in total. The minimum atomic E-state index is 0.486. The van der Waals surface area contributed by atoms with Gasteiger partial charge in [-0.25, -0.2) is 0 Å². The van der Waals surface area contributed by atoms with Gasteiger partial charge in [0.25, 0.3) is 0 Å². The maximum Gasteiger partial charge on any atom is 0.143 e. The average Bonchev–Trinajstić information content (AvgIpc) is 3.71. The fourth-order valence-corrected chi connectivity index (χ4v) is 10.5. The third kappa shape index (κ3) is 4.55.